The first-order valence-electron chi connectivity index (χ1n) is 13.7. The van der Waals surface area contributed by atoms with Crippen LogP contribution in [0.25, 0.3) is 23.1 Å². The highest BCUT2D eigenvalue weighted by Gasteiger charge is 2.18. The average Bonchev–Trinajstić information content (AvgIpc) is 3.21. The number of aromatic nitrogens is 1. The number of aryl methyl sites for hydroxylation is 1. The quantitative estimate of drug-likeness (QED) is 0.112. The van der Waals surface area contributed by atoms with Crippen molar-refractivity contribution >= 4 is 46.6 Å². The van der Waals surface area contributed by atoms with Gasteiger partial charge in [-0.25, -0.2) is 0 Å². The van der Waals surface area contributed by atoms with Gasteiger partial charge in [0.05, 0.1) is 23.8 Å². The number of benzene rings is 3. The average molecular weight is 576 g/mol. The van der Waals surface area contributed by atoms with E-state index in [-0.39, 0.29) is 13.0 Å². The molecule has 0 unspecified atom stereocenters. The Labute approximate surface area is 244 Å². The van der Waals surface area contributed by atoms with Crippen molar-refractivity contribution < 1.29 is 29.3 Å². The van der Waals surface area contributed by atoms with E-state index in [9.17, 15) is 14.7 Å². The van der Waals surface area contributed by atoms with Crippen LogP contribution in [0, 0.1) is 6.92 Å². The Hall–Kier alpha value is -4.23. The predicted molar refractivity (Wildman–Crippen MR) is 162 cm³/mol. The van der Waals surface area contributed by atoms with E-state index in [1.165, 1.54) is 0 Å². The number of aliphatic carboxylic acids is 2. The van der Waals surface area contributed by atoms with Crippen molar-refractivity contribution in [2.75, 3.05) is 13.2 Å². The summed E-state index contributed by atoms with van der Waals surface area (Å²) in [7, 11) is 0. The zero-order chi connectivity index (χ0) is 29.2. The lowest BCUT2D eigenvalue weighted by molar-refractivity contribution is -0.138. The van der Waals surface area contributed by atoms with Gasteiger partial charge in [-0.05, 0) is 73.6 Å². The maximum Gasteiger partial charge on any atom is 0.323 e. The van der Waals surface area contributed by atoms with Gasteiger partial charge in [0, 0.05) is 17.5 Å². The van der Waals surface area contributed by atoms with Crippen LogP contribution in [-0.2, 0) is 22.6 Å². The number of carboxylic acids is 2. The summed E-state index contributed by atoms with van der Waals surface area (Å²) < 4.78 is 13.4. The van der Waals surface area contributed by atoms with Crippen molar-refractivity contribution in [3.05, 3.63) is 94.1 Å². The first-order valence-corrected chi connectivity index (χ1v) is 14.0. The molecule has 214 valence electrons. The minimum Gasteiger partial charge on any atom is -0.494 e. The van der Waals surface area contributed by atoms with Crippen molar-refractivity contribution in [3.63, 3.8) is 0 Å². The second-order valence-electron chi connectivity index (χ2n) is 9.77. The fourth-order valence-corrected chi connectivity index (χ4v) is 5.02. The Balaban J connectivity index is 1.38. The molecule has 1 aromatic heterocycles. The lowest BCUT2D eigenvalue weighted by Crippen LogP contribution is -2.10. The van der Waals surface area contributed by atoms with Crippen LogP contribution in [0.4, 0.5) is 0 Å². The molecule has 41 heavy (non-hydrogen) atoms. The summed E-state index contributed by atoms with van der Waals surface area (Å²) in [6.45, 7) is 2.89. The number of nitrogens with zero attached hydrogens (tertiary/aromatic N) is 1. The lowest BCUT2D eigenvalue weighted by Gasteiger charge is -2.09. The number of fused-ring (bicyclic) bond motifs is 1. The normalized spacial score (nSPS) is 11.3. The third-order valence-corrected chi connectivity index (χ3v) is 7.16. The minimum absolute atomic E-state index is 0.0718. The smallest absolute Gasteiger partial charge is 0.323 e. The second kappa shape index (κ2) is 14.4. The molecule has 8 heteroatoms. The van der Waals surface area contributed by atoms with Crippen molar-refractivity contribution in [1.29, 1.82) is 0 Å². The monoisotopic (exact) mass is 575 g/mol. The first-order chi connectivity index (χ1) is 19.8. The summed E-state index contributed by atoms with van der Waals surface area (Å²) in [5, 5.41) is 20.2. The zero-order valence-corrected chi connectivity index (χ0v) is 23.8. The third kappa shape index (κ3) is 8.14. The minimum atomic E-state index is -0.926. The molecule has 0 radical (unpaired) electrons. The highest BCUT2D eigenvalue weighted by atomic mass is 35.5. The highest BCUT2D eigenvalue weighted by molar-refractivity contribution is 6.32. The van der Waals surface area contributed by atoms with Gasteiger partial charge < -0.3 is 24.3 Å². The molecule has 7 nitrogen and oxygen atoms in total. The second-order valence-corrected chi connectivity index (χ2v) is 10.2. The third-order valence-electron chi connectivity index (χ3n) is 6.85. The molecule has 0 fully saturated rings. The maximum atomic E-state index is 11.7. The number of para-hydroxylation sites is 2. The molecule has 3 aromatic carbocycles. The fourth-order valence-electron chi connectivity index (χ4n) is 4.83. The Kier molecular flexibility index (Phi) is 10.5. The molecule has 0 bridgehead atoms. The molecular weight excluding hydrogens is 542 g/mol. The molecule has 0 saturated heterocycles. The van der Waals surface area contributed by atoms with E-state index in [1.54, 1.807) is 6.07 Å². The fraction of sp³-hybridized carbons (Fsp3) is 0.273. The SMILES string of the molecule is Cc1c(CCCC(=O)O)c2cccc(C=Cc3ccc(OCCCCOc4ccccc4Cl)cc3)c2n1CC(=O)O. The number of ether oxygens (including phenoxy) is 2. The standard InChI is InChI=1S/C33H34ClNO6/c1-23-27(9-7-13-31(36)37)28-10-6-8-25(33(28)35(23)22-32(38)39)17-14-24-15-18-26(19-16-24)40-20-4-5-21-41-30-12-3-2-11-29(30)34/h2-3,6,8,10-12,14-19H,4-5,7,9,13,20-22H2,1H3,(H,36,37)(H,38,39). The van der Waals surface area contributed by atoms with Gasteiger partial charge >= 0.3 is 11.9 Å². The lowest BCUT2D eigenvalue weighted by atomic mass is 10.0. The summed E-state index contributed by atoms with van der Waals surface area (Å²) in [5.41, 5.74) is 4.57. The van der Waals surface area contributed by atoms with Gasteiger partial charge in [0.2, 0.25) is 0 Å². The van der Waals surface area contributed by atoms with Gasteiger partial charge in [-0.2, -0.15) is 0 Å². The van der Waals surface area contributed by atoms with Gasteiger partial charge in [0.25, 0.3) is 0 Å². The number of hydrogen-bond donors (Lipinski definition) is 2. The van der Waals surface area contributed by atoms with Gasteiger partial charge in [0.1, 0.15) is 18.0 Å². The van der Waals surface area contributed by atoms with Crippen LogP contribution in [0.5, 0.6) is 11.5 Å². The molecule has 0 amide bonds. The topological polar surface area (TPSA) is 98.0 Å². The summed E-state index contributed by atoms with van der Waals surface area (Å²) in [4.78, 5) is 22.7. The highest BCUT2D eigenvalue weighted by Crippen LogP contribution is 2.31. The van der Waals surface area contributed by atoms with Crippen LogP contribution in [0.2, 0.25) is 5.02 Å². The van der Waals surface area contributed by atoms with Crippen LogP contribution < -0.4 is 9.47 Å². The number of carboxylic acid groups (broad SMARTS) is 2. The van der Waals surface area contributed by atoms with E-state index in [4.69, 9.17) is 26.2 Å². The molecule has 0 aliphatic heterocycles. The Bertz CT molecular complexity index is 1520. The largest absolute Gasteiger partial charge is 0.494 e. The Morgan fingerprint density at radius 3 is 2.29 bits per heavy atom. The molecule has 2 N–H and O–H groups in total. The van der Waals surface area contributed by atoms with E-state index in [0.717, 1.165) is 51.9 Å². The molecule has 0 spiro atoms. The summed E-state index contributed by atoms with van der Waals surface area (Å²) in [5.74, 6) is -0.287. The van der Waals surface area contributed by atoms with E-state index in [0.29, 0.717) is 36.8 Å². The Morgan fingerprint density at radius 1 is 0.854 bits per heavy atom. The molecule has 0 aliphatic carbocycles. The number of rotatable bonds is 15. The van der Waals surface area contributed by atoms with E-state index in [1.807, 2.05) is 84.3 Å². The molecule has 4 rings (SSSR count). The molecule has 4 aromatic rings. The summed E-state index contributed by atoms with van der Waals surface area (Å²) >= 11 is 6.10. The number of hydrogen-bond acceptors (Lipinski definition) is 4. The van der Waals surface area contributed by atoms with Crippen LogP contribution in [0.1, 0.15) is 48.1 Å². The van der Waals surface area contributed by atoms with Gasteiger partial charge in [-0.3, -0.25) is 9.59 Å². The molecule has 0 aliphatic rings. The number of carbonyl (C=O) groups is 2. The zero-order valence-electron chi connectivity index (χ0n) is 23.0. The van der Waals surface area contributed by atoms with Gasteiger partial charge in [0.15, 0.2) is 0 Å². The molecule has 0 atom stereocenters. The van der Waals surface area contributed by atoms with Crippen molar-refractivity contribution in [2.45, 2.75) is 45.6 Å². The maximum absolute atomic E-state index is 11.7. The van der Waals surface area contributed by atoms with Gasteiger partial charge in [-0.1, -0.05) is 66.2 Å². The van der Waals surface area contributed by atoms with E-state index < -0.39 is 11.9 Å². The molecule has 1 heterocycles. The summed E-state index contributed by atoms with van der Waals surface area (Å²) in [6.07, 6.45) is 6.81. The number of halogens is 1. The van der Waals surface area contributed by atoms with Crippen LogP contribution in [0.3, 0.4) is 0 Å². The van der Waals surface area contributed by atoms with Gasteiger partial charge in [-0.15, -0.1) is 0 Å². The summed E-state index contributed by atoms with van der Waals surface area (Å²) in [6, 6.07) is 21.1. The molecular formula is C33H34ClNO6. The van der Waals surface area contributed by atoms with E-state index in [2.05, 4.69) is 0 Å². The predicted octanol–water partition coefficient (Wildman–Crippen LogP) is 7.50. The Morgan fingerprint density at radius 2 is 1.59 bits per heavy atom. The van der Waals surface area contributed by atoms with Crippen LogP contribution in [-0.4, -0.2) is 39.9 Å². The van der Waals surface area contributed by atoms with Crippen LogP contribution in [0.15, 0.2) is 66.7 Å². The van der Waals surface area contributed by atoms with Crippen LogP contribution >= 0.6 is 11.6 Å². The van der Waals surface area contributed by atoms with Crippen molar-refractivity contribution in [1.82, 2.24) is 4.57 Å². The van der Waals surface area contributed by atoms with E-state index >= 15 is 0 Å². The number of unbranched alkanes of at least 4 members (excludes halogenated alkanes) is 1. The first kappa shape index (κ1) is 29.7. The van der Waals surface area contributed by atoms with Crippen molar-refractivity contribution in [3.8, 4) is 11.5 Å². The van der Waals surface area contributed by atoms with Crippen molar-refractivity contribution in [2.24, 2.45) is 0 Å². The molecule has 0 saturated carbocycles.